The van der Waals surface area contributed by atoms with Crippen molar-refractivity contribution in [1.29, 1.82) is 0 Å². The lowest BCUT2D eigenvalue weighted by Crippen LogP contribution is -2.25. The average Bonchev–Trinajstić information content (AvgIpc) is 2.30. The van der Waals surface area contributed by atoms with Crippen LogP contribution in [0, 0.1) is 0 Å². The van der Waals surface area contributed by atoms with Gasteiger partial charge in [0.25, 0.3) is 0 Å². The Labute approximate surface area is 91.7 Å². The zero-order chi connectivity index (χ0) is 11.3. The monoisotopic (exact) mass is 208 g/mol. The molecule has 0 aromatic carbocycles. The van der Waals surface area contributed by atoms with Crippen LogP contribution in [0.4, 0.5) is 11.6 Å². The maximum Gasteiger partial charge on any atom is 0.137 e. The molecule has 0 spiro atoms. The van der Waals surface area contributed by atoms with Crippen LogP contribution in [0.3, 0.4) is 0 Å². The third kappa shape index (κ3) is 2.37. The lowest BCUT2D eigenvalue weighted by Gasteiger charge is -2.23. The third-order valence-electron chi connectivity index (χ3n) is 2.58. The largest absolute Gasteiger partial charge is 0.373 e. The molecule has 4 nitrogen and oxygen atoms in total. The molecular formula is C11H20N4. The second kappa shape index (κ2) is 5.53. The van der Waals surface area contributed by atoms with Crippen molar-refractivity contribution in [2.45, 2.75) is 27.2 Å². The van der Waals surface area contributed by atoms with Crippen molar-refractivity contribution in [2.24, 2.45) is 0 Å². The number of hydrogen-bond donors (Lipinski definition) is 1. The Bertz CT molecular complexity index is 307. The fourth-order valence-corrected chi connectivity index (χ4v) is 1.74. The summed E-state index contributed by atoms with van der Waals surface area (Å²) in [4.78, 5) is 10.9. The molecule has 1 N–H and O–H groups in total. The van der Waals surface area contributed by atoms with Gasteiger partial charge in [0.2, 0.25) is 0 Å². The van der Waals surface area contributed by atoms with Gasteiger partial charge in [0, 0.05) is 25.7 Å². The van der Waals surface area contributed by atoms with Gasteiger partial charge in [0.1, 0.15) is 18.0 Å². The van der Waals surface area contributed by atoms with Gasteiger partial charge >= 0.3 is 0 Å². The number of hydrogen-bond acceptors (Lipinski definition) is 4. The van der Waals surface area contributed by atoms with Gasteiger partial charge in [0.15, 0.2) is 0 Å². The Kier molecular flexibility index (Phi) is 4.34. The first-order chi connectivity index (χ1) is 7.28. The molecule has 0 fully saturated rings. The average molecular weight is 208 g/mol. The van der Waals surface area contributed by atoms with Crippen LogP contribution in [0.5, 0.6) is 0 Å². The van der Waals surface area contributed by atoms with Crippen LogP contribution in [0.2, 0.25) is 0 Å². The Balaban J connectivity index is 3.15. The third-order valence-corrected chi connectivity index (χ3v) is 2.58. The second-order valence-corrected chi connectivity index (χ2v) is 3.30. The van der Waals surface area contributed by atoms with E-state index in [0.29, 0.717) is 0 Å². The molecule has 15 heavy (non-hydrogen) atoms. The minimum absolute atomic E-state index is 0.939. The highest BCUT2D eigenvalue weighted by molar-refractivity contribution is 5.58. The topological polar surface area (TPSA) is 41.1 Å². The Morgan fingerprint density at radius 2 is 1.87 bits per heavy atom. The Morgan fingerprint density at radius 3 is 2.33 bits per heavy atom. The van der Waals surface area contributed by atoms with Crippen LogP contribution in [-0.2, 0) is 6.42 Å². The number of nitrogens with one attached hydrogen (secondary N) is 1. The number of aromatic nitrogens is 2. The molecule has 0 radical (unpaired) electrons. The molecule has 0 unspecified atom stereocenters. The molecule has 0 aliphatic heterocycles. The minimum atomic E-state index is 0.939. The van der Waals surface area contributed by atoms with Crippen molar-refractivity contribution in [3.8, 4) is 0 Å². The van der Waals surface area contributed by atoms with Crippen LogP contribution >= 0.6 is 0 Å². The van der Waals surface area contributed by atoms with E-state index < -0.39 is 0 Å². The molecule has 84 valence electrons. The van der Waals surface area contributed by atoms with E-state index in [-0.39, 0.29) is 0 Å². The summed E-state index contributed by atoms with van der Waals surface area (Å²) in [5, 5.41) is 3.11. The molecule has 4 heteroatoms. The van der Waals surface area contributed by atoms with Crippen LogP contribution in [0.1, 0.15) is 26.3 Å². The number of nitrogens with zero attached hydrogens (tertiary/aromatic N) is 3. The van der Waals surface area contributed by atoms with Crippen molar-refractivity contribution in [1.82, 2.24) is 9.97 Å². The fourth-order valence-electron chi connectivity index (χ4n) is 1.74. The smallest absolute Gasteiger partial charge is 0.137 e. The van der Waals surface area contributed by atoms with Gasteiger partial charge in [-0.3, -0.25) is 0 Å². The SMILES string of the molecule is CCc1c(NC)ncnc1N(CC)CC. The highest BCUT2D eigenvalue weighted by Crippen LogP contribution is 2.23. The highest BCUT2D eigenvalue weighted by atomic mass is 15.2. The number of rotatable bonds is 5. The Morgan fingerprint density at radius 1 is 1.20 bits per heavy atom. The van der Waals surface area contributed by atoms with Crippen molar-refractivity contribution >= 4 is 11.6 Å². The van der Waals surface area contributed by atoms with Gasteiger partial charge in [-0.1, -0.05) is 6.92 Å². The van der Waals surface area contributed by atoms with Crippen LogP contribution in [-0.4, -0.2) is 30.1 Å². The van der Waals surface area contributed by atoms with Gasteiger partial charge in [-0.2, -0.15) is 0 Å². The summed E-state index contributed by atoms with van der Waals surface area (Å²) in [6.45, 7) is 8.37. The minimum Gasteiger partial charge on any atom is -0.373 e. The van der Waals surface area contributed by atoms with Crippen molar-refractivity contribution in [3.63, 3.8) is 0 Å². The van der Waals surface area contributed by atoms with Gasteiger partial charge in [-0.25, -0.2) is 9.97 Å². The normalized spacial score (nSPS) is 10.1. The summed E-state index contributed by atoms with van der Waals surface area (Å²) in [6.07, 6.45) is 2.57. The van der Waals surface area contributed by atoms with Crippen LogP contribution in [0.15, 0.2) is 6.33 Å². The van der Waals surface area contributed by atoms with Crippen molar-refractivity contribution < 1.29 is 0 Å². The zero-order valence-corrected chi connectivity index (χ0v) is 10.0. The van der Waals surface area contributed by atoms with Gasteiger partial charge < -0.3 is 10.2 Å². The first kappa shape index (κ1) is 11.8. The maximum atomic E-state index is 4.37. The Hall–Kier alpha value is -1.32. The summed E-state index contributed by atoms with van der Waals surface area (Å²) >= 11 is 0. The predicted molar refractivity (Wildman–Crippen MR) is 64.5 cm³/mol. The maximum absolute atomic E-state index is 4.37. The molecule has 0 aliphatic rings. The standard InChI is InChI=1S/C11H20N4/c1-5-9-10(12-4)13-8-14-11(9)15(6-2)7-3/h8H,5-7H2,1-4H3,(H,12,13,14). The molecule has 0 saturated heterocycles. The fraction of sp³-hybridized carbons (Fsp3) is 0.636. The van der Waals surface area contributed by atoms with Crippen molar-refractivity contribution in [3.05, 3.63) is 11.9 Å². The summed E-state index contributed by atoms with van der Waals surface area (Å²) < 4.78 is 0. The summed E-state index contributed by atoms with van der Waals surface area (Å²) in [7, 11) is 1.90. The lowest BCUT2D eigenvalue weighted by atomic mass is 10.2. The van der Waals surface area contributed by atoms with E-state index in [1.54, 1.807) is 6.33 Å². The molecule has 1 aromatic heterocycles. The van der Waals surface area contributed by atoms with Crippen LogP contribution < -0.4 is 10.2 Å². The van der Waals surface area contributed by atoms with E-state index in [9.17, 15) is 0 Å². The molecular weight excluding hydrogens is 188 g/mol. The van der Waals surface area contributed by atoms with E-state index in [2.05, 4.69) is 41.0 Å². The highest BCUT2D eigenvalue weighted by Gasteiger charge is 2.12. The first-order valence-electron chi connectivity index (χ1n) is 5.54. The lowest BCUT2D eigenvalue weighted by molar-refractivity contribution is 0.828. The van der Waals surface area contributed by atoms with Gasteiger partial charge in [0.05, 0.1) is 0 Å². The summed E-state index contributed by atoms with van der Waals surface area (Å²) in [5.41, 5.74) is 1.20. The van der Waals surface area contributed by atoms with E-state index in [1.165, 1.54) is 5.56 Å². The van der Waals surface area contributed by atoms with E-state index in [4.69, 9.17) is 0 Å². The first-order valence-corrected chi connectivity index (χ1v) is 5.54. The number of anilines is 2. The molecule has 0 bridgehead atoms. The molecule has 0 saturated carbocycles. The molecule has 0 atom stereocenters. The summed E-state index contributed by atoms with van der Waals surface area (Å²) in [5.74, 6) is 2.00. The quantitative estimate of drug-likeness (QED) is 0.802. The second-order valence-electron chi connectivity index (χ2n) is 3.30. The van der Waals surface area contributed by atoms with Gasteiger partial charge in [-0.15, -0.1) is 0 Å². The molecule has 0 aliphatic carbocycles. The van der Waals surface area contributed by atoms with E-state index in [0.717, 1.165) is 31.1 Å². The van der Waals surface area contributed by atoms with Crippen molar-refractivity contribution in [2.75, 3.05) is 30.4 Å². The van der Waals surface area contributed by atoms with E-state index >= 15 is 0 Å². The molecule has 1 rings (SSSR count). The predicted octanol–water partition coefficient (Wildman–Crippen LogP) is 1.93. The zero-order valence-electron chi connectivity index (χ0n) is 10.0. The molecule has 1 heterocycles. The molecule has 0 amide bonds. The van der Waals surface area contributed by atoms with E-state index in [1.807, 2.05) is 7.05 Å². The summed E-state index contributed by atoms with van der Waals surface area (Å²) in [6, 6.07) is 0. The van der Waals surface area contributed by atoms with Gasteiger partial charge in [-0.05, 0) is 20.3 Å². The van der Waals surface area contributed by atoms with Crippen LogP contribution in [0.25, 0.3) is 0 Å². The molecule has 1 aromatic rings.